The maximum absolute atomic E-state index is 10.7. The maximum Gasteiger partial charge on any atom is 0.289 e. The average Bonchev–Trinajstić information content (AvgIpc) is 2.88. The lowest BCUT2D eigenvalue weighted by molar-refractivity contribution is -0.385. The molecule has 5 nitrogen and oxygen atoms in total. The van der Waals surface area contributed by atoms with Crippen LogP contribution in [0.25, 0.3) is 0 Å². The number of pyridine rings is 1. The second-order valence-corrected chi connectivity index (χ2v) is 6.36. The minimum Gasteiger partial charge on any atom is -0.355 e. The Kier molecular flexibility index (Phi) is 3.54. The Morgan fingerprint density at radius 1 is 1.25 bits per heavy atom. The van der Waals surface area contributed by atoms with Gasteiger partial charge in [-0.15, -0.1) is 0 Å². The number of hydrogen-bond acceptors (Lipinski definition) is 4. The summed E-state index contributed by atoms with van der Waals surface area (Å²) in [5, 5.41) is 11.1. The van der Waals surface area contributed by atoms with Gasteiger partial charge in [-0.05, 0) is 31.1 Å². The Morgan fingerprint density at radius 3 is 2.45 bits per heavy atom. The van der Waals surface area contributed by atoms with Gasteiger partial charge in [0.1, 0.15) is 12.0 Å². The van der Waals surface area contributed by atoms with Crippen molar-refractivity contribution in [3.63, 3.8) is 0 Å². The molecule has 108 valence electrons. The zero-order chi connectivity index (χ0) is 14.2. The second-order valence-electron chi connectivity index (χ2n) is 5.95. The number of anilines is 1. The fraction of sp³-hybridized carbons (Fsp3) is 0.643. The molecule has 1 saturated heterocycles. The molecule has 0 atom stereocenters. The topological polar surface area (TPSA) is 59.3 Å². The molecule has 2 aliphatic rings. The summed E-state index contributed by atoms with van der Waals surface area (Å²) in [5.74, 6) is 0.685. The molecule has 0 amide bonds. The van der Waals surface area contributed by atoms with Crippen LogP contribution < -0.4 is 4.90 Å². The van der Waals surface area contributed by atoms with Crippen molar-refractivity contribution < 1.29 is 4.92 Å². The molecular weight excluding hydrogens is 278 g/mol. The molecule has 3 rings (SSSR count). The summed E-state index contributed by atoms with van der Waals surface area (Å²) < 4.78 is 0. The van der Waals surface area contributed by atoms with E-state index in [2.05, 4.69) is 9.88 Å². The van der Waals surface area contributed by atoms with E-state index in [4.69, 9.17) is 11.6 Å². The molecule has 1 aromatic heterocycles. The number of nitrogens with zero attached hydrogens (tertiary/aromatic N) is 3. The van der Waals surface area contributed by atoms with Crippen LogP contribution in [0.15, 0.2) is 12.3 Å². The number of hydrogen-bond donors (Lipinski definition) is 0. The van der Waals surface area contributed by atoms with E-state index in [1.54, 1.807) is 0 Å². The summed E-state index contributed by atoms with van der Waals surface area (Å²) >= 11 is 6.15. The van der Waals surface area contributed by atoms with E-state index in [0.717, 1.165) is 13.1 Å². The van der Waals surface area contributed by atoms with Gasteiger partial charge in [0.25, 0.3) is 5.69 Å². The standard InChI is InChI=1S/C14H18ClN3O2/c15-12-9-11(18(19)20)10-16-13(12)17-7-5-14(6-8-17)3-1-2-4-14/h9-10H,1-8H2. The molecular formula is C14H18ClN3O2. The number of nitro groups is 1. The fourth-order valence-corrected chi connectivity index (χ4v) is 3.85. The first kappa shape index (κ1) is 13.6. The van der Waals surface area contributed by atoms with E-state index in [9.17, 15) is 10.1 Å². The largest absolute Gasteiger partial charge is 0.355 e. The van der Waals surface area contributed by atoms with Gasteiger partial charge in [0, 0.05) is 19.2 Å². The first-order valence-corrected chi connectivity index (χ1v) is 7.52. The summed E-state index contributed by atoms with van der Waals surface area (Å²) in [4.78, 5) is 16.6. The van der Waals surface area contributed by atoms with Crippen LogP contribution in [0.5, 0.6) is 0 Å². The van der Waals surface area contributed by atoms with Crippen molar-refractivity contribution in [2.75, 3.05) is 18.0 Å². The minimum absolute atomic E-state index is 0.0528. The highest BCUT2D eigenvalue weighted by atomic mass is 35.5. The molecule has 1 aliphatic heterocycles. The highest BCUT2D eigenvalue weighted by Gasteiger charge is 2.37. The summed E-state index contributed by atoms with van der Waals surface area (Å²) in [6, 6.07) is 1.39. The molecule has 0 aromatic carbocycles. The van der Waals surface area contributed by atoms with Crippen LogP contribution >= 0.6 is 11.6 Å². The molecule has 1 spiro atoms. The Bertz CT molecular complexity index is 519. The summed E-state index contributed by atoms with van der Waals surface area (Å²) in [6.45, 7) is 1.90. The first-order valence-electron chi connectivity index (χ1n) is 7.15. The quantitative estimate of drug-likeness (QED) is 0.615. The van der Waals surface area contributed by atoms with Gasteiger partial charge < -0.3 is 4.90 Å². The second kappa shape index (κ2) is 5.20. The van der Waals surface area contributed by atoms with Crippen molar-refractivity contribution >= 4 is 23.1 Å². The van der Waals surface area contributed by atoms with Crippen LogP contribution in [0.2, 0.25) is 5.02 Å². The molecule has 1 aromatic rings. The van der Waals surface area contributed by atoms with Gasteiger partial charge in [-0.3, -0.25) is 10.1 Å². The Balaban J connectivity index is 1.73. The molecule has 0 N–H and O–H groups in total. The van der Waals surface area contributed by atoms with Gasteiger partial charge in [-0.2, -0.15) is 0 Å². The molecule has 6 heteroatoms. The smallest absolute Gasteiger partial charge is 0.289 e. The molecule has 1 aliphatic carbocycles. The number of piperidine rings is 1. The van der Waals surface area contributed by atoms with E-state index < -0.39 is 4.92 Å². The Labute approximate surface area is 123 Å². The third-order valence-corrected chi connectivity index (χ3v) is 5.08. The lowest BCUT2D eigenvalue weighted by Gasteiger charge is -2.40. The van der Waals surface area contributed by atoms with Crippen LogP contribution in [0.3, 0.4) is 0 Å². The normalized spacial score (nSPS) is 21.4. The van der Waals surface area contributed by atoms with E-state index in [1.165, 1.54) is 50.8 Å². The lowest BCUT2D eigenvalue weighted by atomic mass is 9.77. The summed E-state index contributed by atoms with van der Waals surface area (Å²) in [5.41, 5.74) is 0.493. The number of aromatic nitrogens is 1. The van der Waals surface area contributed by atoms with Crippen LogP contribution in [0.4, 0.5) is 11.5 Å². The van der Waals surface area contributed by atoms with Gasteiger partial charge in [0.05, 0.1) is 9.95 Å². The minimum atomic E-state index is -0.466. The van der Waals surface area contributed by atoms with Crippen molar-refractivity contribution in [2.24, 2.45) is 5.41 Å². The van der Waals surface area contributed by atoms with Crippen LogP contribution in [-0.2, 0) is 0 Å². The molecule has 20 heavy (non-hydrogen) atoms. The third-order valence-electron chi connectivity index (χ3n) is 4.81. The zero-order valence-corrected chi connectivity index (χ0v) is 12.1. The predicted octanol–water partition coefficient (Wildman–Crippen LogP) is 3.80. The van der Waals surface area contributed by atoms with Gasteiger partial charge in [-0.25, -0.2) is 4.98 Å². The third kappa shape index (κ3) is 2.46. The van der Waals surface area contributed by atoms with Gasteiger partial charge in [0.15, 0.2) is 0 Å². The van der Waals surface area contributed by atoms with Gasteiger partial charge in [-0.1, -0.05) is 24.4 Å². The van der Waals surface area contributed by atoms with E-state index in [-0.39, 0.29) is 5.69 Å². The first-order chi connectivity index (χ1) is 9.60. The van der Waals surface area contributed by atoms with E-state index >= 15 is 0 Å². The molecule has 2 heterocycles. The van der Waals surface area contributed by atoms with Crippen LogP contribution in [0.1, 0.15) is 38.5 Å². The van der Waals surface area contributed by atoms with Crippen molar-refractivity contribution in [3.8, 4) is 0 Å². The molecule has 0 bridgehead atoms. The van der Waals surface area contributed by atoms with E-state index in [1.807, 2.05) is 0 Å². The molecule has 0 radical (unpaired) electrons. The molecule has 1 saturated carbocycles. The molecule has 2 fully saturated rings. The lowest BCUT2D eigenvalue weighted by Crippen LogP contribution is -2.39. The number of rotatable bonds is 2. The Morgan fingerprint density at radius 2 is 1.90 bits per heavy atom. The van der Waals surface area contributed by atoms with E-state index in [0.29, 0.717) is 16.3 Å². The number of halogens is 1. The monoisotopic (exact) mass is 295 g/mol. The maximum atomic E-state index is 10.7. The van der Waals surface area contributed by atoms with Crippen molar-refractivity contribution in [3.05, 3.63) is 27.4 Å². The van der Waals surface area contributed by atoms with Gasteiger partial charge >= 0.3 is 0 Å². The van der Waals surface area contributed by atoms with Crippen molar-refractivity contribution in [2.45, 2.75) is 38.5 Å². The molecule has 0 unspecified atom stereocenters. The van der Waals surface area contributed by atoms with Crippen molar-refractivity contribution in [1.29, 1.82) is 0 Å². The van der Waals surface area contributed by atoms with Gasteiger partial charge in [0.2, 0.25) is 0 Å². The summed E-state index contributed by atoms with van der Waals surface area (Å²) in [6.07, 6.45) is 9.07. The predicted molar refractivity (Wildman–Crippen MR) is 78.2 cm³/mol. The average molecular weight is 296 g/mol. The highest BCUT2D eigenvalue weighted by Crippen LogP contribution is 2.47. The van der Waals surface area contributed by atoms with Crippen LogP contribution in [0, 0.1) is 15.5 Å². The highest BCUT2D eigenvalue weighted by molar-refractivity contribution is 6.33. The Hall–Kier alpha value is -1.36. The fourth-order valence-electron chi connectivity index (χ4n) is 3.57. The zero-order valence-electron chi connectivity index (χ0n) is 11.3. The SMILES string of the molecule is O=[N+]([O-])c1cnc(N2CCC3(CCCC3)CC2)c(Cl)c1. The van der Waals surface area contributed by atoms with Crippen molar-refractivity contribution in [1.82, 2.24) is 4.98 Å². The summed E-state index contributed by atoms with van der Waals surface area (Å²) in [7, 11) is 0. The van der Waals surface area contributed by atoms with Crippen LogP contribution in [-0.4, -0.2) is 23.0 Å².